The van der Waals surface area contributed by atoms with Gasteiger partial charge in [0, 0.05) is 21.7 Å². The van der Waals surface area contributed by atoms with Crippen LogP contribution >= 0.6 is 11.8 Å². The van der Waals surface area contributed by atoms with Gasteiger partial charge in [0.25, 0.3) is 0 Å². The Hall–Kier alpha value is -3.43. The third-order valence-electron chi connectivity index (χ3n) is 5.27. The number of hydrogen-bond donors (Lipinski definition) is 0. The first-order valence-electron chi connectivity index (χ1n) is 10.5. The van der Waals surface area contributed by atoms with Crippen molar-refractivity contribution >= 4 is 33.9 Å². The van der Waals surface area contributed by atoms with E-state index in [1.165, 1.54) is 26.3 Å². The molecule has 4 aromatic carbocycles. The van der Waals surface area contributed by atoms with Gasteiger partial charge in [-0.25, -0.2) is 0 Å². The molecule has 0 radical (unpaired) electrons. The molecule has 0 aliphatic carbocycles. The second kappa shape index (κ2) is 9.15. The van der Waals surface area contributed by atoms with Crippen LogP contribution in [-0.2, 0) is 0 Å². The zero-order chi connectivity index (χ0) is 20.9. The van der Waals surface area contributed by atoms with Crippen LogP contribution in [0.2, 0.25) is 0 Å². The van der Waals surface area contributed by atoms with E-state index < -0.39 is 0 Å². The molecule has 0 amide bonds. The van der Waals surface area contributed by atoms with Crippen LogP contribution in [0.4, 0.5) is 11.4 Å². The Morgan fingerprint density at radius 2 is 1.42 bits per heavy atom. The normalized spacial score (nSPS) is 15.7. The van der Waals surface area contributed by atoms with Crippen molar-refractivity contribution in [2.24, 2.45) is 0 Å². The molecule has 0 aromatic heterocycles. The van der Waals surface area contributed by atoms with Gasteiger partial charge in [-0.2, -0.15) is 0 Å². The van der Waals surface area contributed by atoms with Crippen molar-refractivity contribution in [3.05, 3.63) is 115 Å². The van der Waals surface area contributed by atoms with Crippen LogP contribution in [0.25, 0.3) is 10.8 Å². The van der Waals surface area contributed by atoms with Crippen LogP contribution in [0.5, 0.6) is 5.75 Å². The average molecular weight is 422 g/mol. The van der Waals surface area contributed by atoms with Gasteiger partial charge in [-0.3, -0.25) is 0 Å². The van der Waals surface area contributed by atoms with E-state index in [1.807, 2.05) is 24.3 Å². The van der Waals surface area contributed by atoms with E-state index in [-0.39, 0.29) is 0 Å². The summed E-state index contributed by atoms with van der Waals surface area (Å²) in [6, 6.07) is 31.9. The number of nitrogens with zero attached hydrogens (tertiary/aromatic N) is 1. The summed E-state index contributed by atoms with van der Waals surface area (Å²) in [5.41, 5.74) is 2.26. The lowest BCUT2D eigenvalue weighted by atomic mass is 10.1. The van der Waals surface area contributed by atoms with Crippen LogP contribution in [0.15, 0.2) is 125 Å². The van der Waals surface area contributed by atoms with Gasteiger partial charge >= 0.3 is 0 Å². The monoisotopic (exact) mass is 421 g/mol. The number of fused-ring (bicyclic) bond motifs is 2. The van der Waals surface area contributed by atoms with E-state index in [0.29, 0.717) is 6.61 Å². The highest BCUT2D eigenvalue weighted by atomic mass is 32.2. The molecule has 1 aliphatic heterocycles. The predicted molar refractivity (Wildman–Crippen MR) is 132 cm³/mol. The lowest BCUT2D eigenvalue weighted by molar-refractivity contribution is 0.363. The van der Waals surface area contributed by atoms with Crippen LogP contribution in [0, 0.1) is 0 Å². The highest BCUT2D eigenvalue weighted by Gasteiger charge is 2.18. The fourth-order valence-electron chi connectivity index (χ4n) is 3.86. The zero-order valence-electron chi connectivity index (χ0n) is 17.1. The molecule has 0 bridgehead atoms. The van der Waals surface area contributed by atoms with E-state index in [2.05, 4.69) is 95.9 Å². The Bertz CT molecular complexity index is 1240. The minimum absolute atomic E-state index is 0.555. The highest BCUT2D eigenvalue weighted by Crippen LogP contribution is 2.42. The maximum Gasteiger partial charge on any atom is 0.143 e. The highest BCUT2D eigenvalue weighted by molar-refractivity contribution is 7.99. The van der Waals surface area contributed by atoms with Crippen molar-refractivity contribution in [3.63, 3.8) is 0 Å². The van der Waals surface area contributed by atoms with Crippen molar-refractivity contribution in [1.82, 2.24) is 0 Å². The summed E-state index contributed by atoms with van der Waals surface area (Å²) in [7, 11) is 0. The fourth-order valence-corrected chi connectivity index (χ4v) is 4.88. The molecule has 0 saturated carbocycles. The Labute approximate surface area is 187 Å². The number of ether oxygens (including phenoxy) is 1. The number of benzene rings is 4. The topological polar surface area (TPSA) is 12.5 Å². The zero-order valence-corrected chi connectivity index (χ0v) is 18.0. The Morgan fingerprint density at radius 3 is 2.32 bits per heavy atom. The number of allylic oxidation sites excluding steroid dienone is 2. The average Bonchev–Trinajstić information content (AvgIpc) is 2.82. The molecule has 5 rings (SSSR count). The molecule has 0 atom stereocenters. The summed E-state index contributed by atoms with van der Waals surface area (Å²) in [5, 5.41) is 2.49. The van der Waals surface area contributed by atoms with Gasteiger partial charge in [-0.05, 0) is 47.9 Å². The summed E-state index contributed by atoms with van der Waals surface area (Å²) in [4.78, 5) is 4.83. The van der Waals surface area contributed by atoms with E-state index in [4.69, 9.17) is 4.74 Å². The number of rotatable bonds is 3. The third kappa shape index (κ3) is 4.23. The van der Waals surface area contributed by atoms with Gasteiger partial charge in [0.2, 0.25) is 0 Å². The van der Waals surface area contributed by atoms with Crippen LogP contribution in [0.1, 0.15) is 0 Å². The quantitative estimate of drug-likeness (QED) is 0.337. The lowest BCUT2D eigenvalue weighted by Gasteiger charge is -2.28. The van der Waals surface area contributed by atoms with E-state index >= 15 is 0 Å². The molecule has 2 nitrogen and oxygen atoms in total. The van der Waals surface area contributed by atoms with Crippen molar-refractivity contribution in [2.75, 3.05) is 18.1 Å². The molecular weight excluding hydrogens is 398 g/mol. The molecule has 31 heavy (non-hydrogen) atoms. The van der Waals surface area contributed by atoms with E-state index in [0.717, 1.165) is 18.0 Å². The van der Waals surface area contributed by atoms with Crippen molar-refractivity contribution in [1.29, 1.82) is 0 Å². The molecule has 4 aromatic rings. The molecule has 1 aliphatic rings. The molecule has 0 fully saturated rings. The minimum atomic E-state index is 0.555. The summed E-state index contributed by atoms with van der Waals surface area (Å²) in [5.74, 6) is 0.896. The van der Waals surface area contributed by atoms with E-state index in [1.54, 1.807) is 11.8 Å². The number of para-hydroxylation sites is 2. The van der Waals surface area contributed by atoms with Crippen molar-refractivity contribution < 1.29 is 4.74 Å². The van der Waals surface area contributed by atoms with Gasteiger partial charge in [-0.15, -0.1) is 0 Å². The SMILES string of the molecule is C1=C\COc2ccccc2N(c2cccc3cccc(Sc4ccccc4)c23)C\C=C/1. The van der Waals surface area contributed by atoms with Crippen molar-refractivity contribution in [3.8, 4) is 5.75 Å². The molecule has 1 heterocycles. The predicted octanol–water partition coefficient (Wildman–Crippen LogP) is 7.63. The van der Waals surface area contributed by atoms with Gasteiger partial charge < -0.3 is 9.64 Å². The van der Waals surface area contributed by atoms with Gasteiger partial charge in [-0.1, -0.05) is 84.6 Å². The summed E-state index contributed by atoms with van der Waals surface area (Å²) in [6.07, 6.45) is 8.38. The Kier molecular flexibility index (Phi) is 5.76. The van der Waals surface area contributed by atoms with Crippen molar-refractivity contribution in [2.45, 2.75) is 9.79 Å². The van der Waals surface area contributed by atoms with Gasteiger partial charge in [0.1, 0.15) is 12.4 Å². The smallest absolute Gasteiger partial charge is 0.143 e. The largest absolute Gasteiger partial charge is 0.487 e. The minimum Gasteiger partial charge on any atom is -0.487 e. The first kappa shape index (κ1) is 19.5. The lowest BCUT2D eigenvalue weighted by Crippen LogP contribution is -2.19. The van der Waals surface area contributed by atoms with Crippen LogP contribution in [-0.4, -0.2) is 13.2 Å². The number of anilines is 2. The molecule has 152 valence electrons. The molecule has 3 heteroatoms. The second-order valence-corrected chi connectivity index (χ2v) is 8.41. The maximum atomic E-state index is 6.09. The van der Waals surface area contributed by atoms with E-state index in [9.17, 15) is 0 Å². The third-order valence-corrected chi connectivity index (χ3v) is 6.34. The molecule has 0 unspecified atom stereocenters. The maximum absolute atomic E-state index is 6.09. The molecule has 0 spiro atoms. The Balaban J connectivity index is 1.69. The standard InChI is InChI=1S/C28H23NOS/c1-2-9-21-30-26-18-7-6-16-24(26)29(20-8-1)25-17-10-12-22-13-11-19-27(28(22)25)31-23-14-4-3-5-15-23/h1-19H,20-21H2/b8-1-,9-2-. The number of hydrogen-bond acceptors (Lipinski definition) is 3. The summed E-state index contributed by atoms with van der Waals surface area (Å²) in [6.45, 7) is 1.31. The first-order chi connectivity index (χ1) is 15.4. The molecule has 0 N–H and O–H groups in total. The first-order valence-corrected chi connectivity index (χ1v) is 11.3. The second-order valence-electron chi connectivity index (χ2n) is 7.29. The summed E-state index contributed by atoms with van der Waals surface area (Å²) < 4.78 is 6.09. The molecular formula is C28H23NOS. The van der Waals surface area contributed by atoms with Crippen LogP contribution in [0.3, 0.4) is 0 Å². The Morgan fingerprint density at radius 1 is 0.677 bits per heavy atom. The van der Waals surface area contributed by atoms with Gasteiger partial charge in [0.15, 0.2) is 0 Å². The van der Waals surface area contributed by atoms with Gasteiger partial charge in [0.05, 0.1) is 11.4 Å². The fraction of sp³-hybridized carbons (Fsp3) is 0.0714. The molecule has 0 saturated heterocycles. The van der Waals surface area contributed by atoms with Crippen LogP contribution < -0.4 is 9.64 Å². The summed E-state index contributed by atoms with van der Waals surface area (Å²) >= 11 is 1.81.